The van der Waals surface area contributed by atoms with Crippen molar-refractivity contribution in [3.8, 4) is 11.1 Å². The van der Waals surface area contributed by atoms with Crippen LogP contribution in [0.15, 0.2) is 78.9 Å². The molecule has 142 valence electrons. The Morgan fingerprint density at radius 1 is 0.500 bits per heavy atom. The fraction of sp³-hybridized carbons (Fsp3) is 0.286. The lowest BCUT2D eigenvalue weighted by molar-refractivity contribution is 0.607. The molecule has 0 nitrogen and oxygen atoms in total. The first-order valence-corrected chi connectivity index (χ1v) is 10.9. The summed E-state index contributed by atoms with van der Waals surface area (Å²) in [6, 6.07) is 29.2. The lowest BCUT2D eigenvalue weighted by Gasteiger charge is -2.08. The van der Waals surface area contributed by atoms with Crippen molar-refractivity contribution in [3.63, 3.8) is 0 Å². The highest BCUT2D eigenvalue weighted by molar-refractivity contribution is 5.99. The maximum Gasteiger partial charge on any atom is -0.0171 e. The van der Waals surface area contributed by atoms with Gasteiger partial charge in [0.15, 0.2) is 0 Å². The molecule has 0 radical (unpaired) electrons. The van der Waals surface area contributed by atoms with E-state index in [2.05, 4.69) is 85.8 Å². The van der Waals surface area contributed by atoms with Crippen LogP contribution >= 0.6 is 0 Å². The predicted octanol–water partition coefficient (Wildman–Crippen LogP) is 8.56. The summed E-state index contributed by atoms with van der Waals surface area (Å²) in [6.45, 7) is 2.28. The summed E-state index contributed by atoms with van der Waals surface area (Å²) in [7, 11) is 0. The second-order valence-corrected chi connectivity index (χ2v) is 7.98. The molecule has 0 aliphatic heterocycles. The van der Waals surface area contributed by atoms with Gasteiger partial charge in [-0.15, -0.1) is 0 Å². The summed E-state index contributed by atoms with van der Waals surface area (Å²) >= 11 is 0. The molecule has 4 aromatic carbocycles. The summed E-state index contributed by atoms with van der Waals surface area (Å²) < 4.78 is 0. The van der Waals surface area contributed by atoms with E-state index in [4.69, 9.17) is 0 Å². The van der Waals surface area contributed by atoms with Crippen molar-refractivity contribution in [2.75, 3.05) is 0 Å². The van der Waals surface area contributed by atoms with Gasteiger partial charge in [0.1, 0.15) is 0 Å². The van der Waals surface area contributed by atoms with E-state index in [1.807, 2.05) is 0 Å². The third kappa shape index (κ3) is 4.44. The summed E-state index contributed by atoms with van der Waals surface area (Å²) in [5.74, 6) is 0. The van der Waals surface area contributed by atoms with Crippen LogP contribution in [0.3, 0.4) is 0 Å². The maximum atomic E-state index is 2.32. The molecule has 4 aromatic rings. The molecule has 0 fully saturated rings. The summed E-state index contributed by atoms with van der Waals surface area (Å²) in [5, 5.41) is 5.23. The van der Waals surface area contributed by atoms with E-state index in [1.54, 1.807) is 0 Å². The van der Waals surface area contributed by atoms with Crippen molar-refractivity contribution < 1.29 is 0 Å². The maximum absolute atomic E-state index is 2.32. The van der Waals surface area contributed by atoms with Gasteiger partial charge in [0.2, 0.25) is 0 Å². The van der Waals surface area contributed by atoms with Gasteiger partial charge in [-0.2, -0.15) is 0 Å². The van der Waals surface area contributed by atoms with Crippen LogP contribution in [0.5, 0.6) is 0 Å². The van der Waals surface area contributed by atoms with Gasteiger partial charge in [-0.3, -0.25) is 0 Å². The van der Waals surface area contributed by atoms with Gasteiger partial charge in [-0.05, 0) is 69.3 Å². The average molecular weight is 367 g/mol. The molecular formula is C28H30. The number of aryl methyl sites for hydroxylation is 1. The molecule has 0 unspecified atom stereocenters. The molecule has 0 atom stereocenters. The summed E-state index contributed by atoms with van der Waals surface area (Å²) in [4.78, 5) is 0. The van der Waals surface area contributed by atoms with Crippen molar-refractivity contribution in [1.29, 1.82) is 0 Å². The number of rotatable bonds is 8. The van der Waals surface area contributed by atoms with Crippen LogP contribution < -0.4 is 0 Å². The quantitative estimate of drug-likeness (QED) is 0.216. The lowest BCUT2D eigenvalue weighted by Crippen LogP contribution is -1.87. The monoisotopic (exact) mass is 366 g/mol. The Balaban J connectivity index is 1.46. The molecule has 0 aliphatic carbocycles. The summed E-state index contributed by atoms with van der Waals surface area (Å²) in [5.41, 5.74) is 4.07. The van der Waals surface area contributed by atoms with Crippen LogP contribution in [0.4, 0.5) is 0 Å². The number of unbranched alkanes of at least 4 members (excludes halogenated alkanes) is 5. The first-order valence-electron chi connectivity index (χ1n) is 10.9. The molecule has 0 spiro atoms. The minimum atomic E-state index is 1.20. The fourth-order valence-electron chi connectivity index (χ4n) is 4.09. The van der Waals surface area contributed by atoms with Crippen molar-refractivity contribution in [2.45, 2.75) is 51.9 Å². The smallest absolute Gasteiger partial charge is 0.0171 e. The minimum absolute atomic E-state index is 1.20. The Morgan fingerprint density at radius 2 is 1.11 bits per heavy atom. The van der Waals surface area contributed by atoms with Gasteiger partial charge in [0.25, 0.3) is 0 Å². The third-order valence-corrected chi connectivity index (χ3v) is 5.81. The molecule has 0 amide bonds. The molecule has 0 saturated carbocycles. The Hall–Kier alpha value is -2.60. The third-order valence-electron chi connectivity index (χ3n) is 5.81. The van der Waals surface area contributed by atoms with Crippen LogP contribution in [-0.2, 0) is 6.42 Å². The van der Waals surface area contributed by atoms with Crippen molar-refractivity contribution in [3.05, 3.63) is 84.4 Å². The van der Waals surface area contributed by atoms with E-state index >= 15 is 0 Å². The van der Waals surface area contributed by atoms with E-state index in [1.165, 1.54) is 83.2 Å². The predicted molar refractivity (Wildman–Crippen MR) is 124 cm³/mol. The number of benzene rings is 4. The Kier molecular flexibility index (Phi) is 6.07. The van der Waals surface area contributed by atoms with E-state index < -0.39 is 0 Å². The van der Waals surface area contributed by atoms with Crippen LogP contribution in [0.25, 0.3) is 32.7 Å². The highest BCUT2D eigenvalue weighted by atomic mass is 14.1. The van der Waals surface area contributed by atoms with Gasteiger partial charge in [-0.1, -0.05) is 99.7 Å². The second-order valence-electron chi connectivity index (χ2n) is 7.98. The first-order chi connectivity index (χ1) is 13.8. The van der Waals surface area contributed by atoms with Gasteiger partial charge in [-0.25, -0.2) is 0 Å². The molecule has 0 bridgehead atoms. The molecule has 0 heteroatoms. The highest BCUT2D eigenvalue weighted by Crippen LogP contribution is 2.28. The SMILES string of the molecule is CCCCCCCCc1ccc(-c2ccc3cc4ccccc4cc3c2)cc1. The molecular weight excluding hydrogens is 336 g/mol. The molecule has 4 rings (SSSR count). The van der Waals surface area contributed by atoms with Gasteiger partial charge < -0.3 is 0 Å². The molecule has 0 heterocycles. The zero-order chi connectivity index (χ0) is 19.2. The van der Waals surface area contributed by atoms with Crippen LogP contribution in [-0.4, -0.2) is 0 Å². The standard InChI is InChI=1S/C28H30/c1-2-3-4-5-6-7-10-22-13-15-23(16-14-22)26-17-18-27-19-24-11-8-9-12-25(24)20-28(27)21-26/h8-9,11-21H,2-7,10H2,1H3. The van der Waals surface area contributed by atoms with Crippen LogP contribution in [0, 0.1) is 0 Å². The van der Waals surface area contributed by atoms with Gasteiger partial charge in [0, 0.05) is 0 Å². The van der Waals surface area contributed by atoms with Crippen molar-refractivity contribution in [1.82, 2.24) is 0 Å². The number of fused-ring (bicyclic) bond motifs is 2. The van der Waals surface area contributed by atoms with E-state index in [0.29, 0.717) is 0 Å². The molecule has 0 aliphatic rings. The normalized spacial score (nSPS) is 11.3. The average Bonchev–Trinajstić information content (AvgIpc) is 2.75. The van der Waals surface area contributed by atoms with E-state index in [-0.39, 0.29) is 0 Å². The van der Waals surface area contributed by atoms with Gasteiger partial charge >= 0.3 is 0 Å². The minimum Gasteiger partial charge on any atom is -0.0654 e. The van der Waals surface area contributed by atoms with Gasteiger partial charge in [0.05, 0.1) is 0 Å². The van der Waals surface area contributed by atoms with Crippen molar-refractivity contribution >= 4 is 21.5 Å². The lowest BCUT2D eigenvalue weighted by atomic mass is 9.97. The molecule has 0 saturated heterocycles. The van der Waals surface area contributed by atoms with Crippen LogP contribution in [0.1, 0.15) is 51.0 Å². The topological polar surface area (TPSA) is 0 Å². The fourth-order valence-corrected chi connectivity index (χ4v) is 4.09. The number of hydrogen-bond donors (Lipinski definition) is 0. The molecule has 0 aromatic heterocycles. The molecule has 28 heavy (non-hydrogen) atoms. The number of hydrogen-bond acceptors (Lipinski definition) is 0. The zero-order valence-corrected chi connectivity index (χ0v) is 17.0. The second kappa shape index (κ2) is 9.06. The molecule has 0 N–H and O–H groups in total. The van der Waals surface area contributed by atoms with Crippen LogP contribution in [0.2, 0.25) is 0 Å². The zero-order valence-electron chi connectivity index (χ0n) is 17.0. The Morgan fingerprint density at radius 3 is 1.86 bits per heavy atom. The highest BCUT2D eigenvalue weighted by Gasteiger charge is 2.03. The van der Waals surface area contributed by atoms with E-state index in [9.17, 15) is 0 Å². The Bertz CT molecular complexity index is 1040. The van der Waals surface area contributed by atoms with Crippen molar-refractivity contribution in [2.24, 2.45) is 0 Å². The first kappa shape index (κ1) is 18.7. The largest absolute Gasteiger partial charge is 0.0654 e. The Labute approximate surface area is 169 Å². The summed E-state index contributed by atoms with van der Waals surface area (Å²) in [6.07, 6.45) is 9.37. The van der Waals surface area contributed by atoms with E-state index in [0.717, 1.165) is 0 Å².